The highest BCUT2D eigenvalue weighted by atomic mass is 35.5. The van der Waals surface area contributed by atoms with Crippen molar-refractivity contribution in [3.8, 4) is 0 Å². The summed E-state index contributed by atoms with van der Waals surface area (Å²) in [6.07, 6.45) is 1.04. The smallest absolute Gasteiger partial charge is 0.240 e. The zero-order valence-corrected chi connectivity index (χ0v) is 11.6. The van der Waals surface area contributed by atoms with Gasteiger partial charge in [0.2, 0.25) is 15.9 Å². The van der Waals surface area contributed by atoms with Gasteiger partial charge in [-0.25, -0.2) is 12.7 Å². The number of amides is 1. The second kappa shape index (κ2) is 5.25. The van der Waals surface area contributed by atoms with E-state index in [0.717, 1.165) is 10.6 Å². The second-order valence-electron chi connectivity index (χ2n) is 3.37. The molecule has 0 saturated heterocycles. The van der Waals surface area contributed by atoms with Gasteiger partial charge < -0.3 is 0 Å². The molecule has 0 bridgehead atoms. The summed E-state index contributed by atoms with van der Waals surface area (Å²) in [6.45, 7) is 1.58. The fourth-order valence-corrected chi connectivity index (χ4v) is 2.56. The van der Waals surface area contributed by atoms with Gasteiger partial charge >= 0.3 is 0 Å². The number of nitrogens with zero attached hydrogens (tertiary/aromatic N) is 1. The summed E-state index contributed by atoms with van der Waals surface area (Å²) in [7, 11) is -3.68. The number of halogens is 2. The molecule has 0 N–H and O–H groups in total. The number of hydrogen-bond acceptors (Lipinski definition) is 3. The molecule has 0 aromatic heterocycles. The van der Waals surface area contributed by atoms with E-state index in [1.165, 1.54) is 18.2 Å². The molecule has 7 heteroatoms. The van der Waals surface area contributed by atoms with Crippen LogP contribution in [0, 0.1) is 0 Å². The van der Waals surface area contributed by atoms with Crippen LogP contribution in [0.2, 0.25) is 10.0 Å². The van der Waals surface area contributed by atoms with Crippen molar-refractivity contribution in [3.05, 3.63) is 28.2 Å². The summed E-state index contributed by atoms with van der Waals surface area (Å²) in [4.78, 5) is 11.6. The summed E-state index contributed by atoms with van der Waals surface area (Å²) in [5.74, 6) is -0.522. The molecule has 1 aromatic carbocycles. The second-order valence-corrected chi connectivity index (χ2v) is 6.02. The third-order valence-corrected chi connectivity index (χ3v) is 3.82. The van der Waals surface area contributed by atoms with E-state index >= 15 is 0 Å². The Hall–Kier alpha value is -0.780. The fraction of sp³-hybridized carbons (Fsp3) is 0.300. The molecule has 4 nitrogen and oxygen atoms in total. The van der Waals surface area contributed by atoms with E-state index in [1.807, 2.05) is 0 Å². The Morgan fingerprint density at radius 1 is 1.29 bits per heavy atom. The fourth-order valence-electron chi connectivity index (χ4n) is 1.28. The number of benzene rings is 1. The van der Waals surface area contributed by atoms with Crippen molar-refractivity contribution < 1.29 is 13.2 Å². The van der Waals surface area contributed by atoms with Crippen LogP contribution in [0.4, 0.5) is 5.69 Å². The Bertz CT molecular complexity index is 542. The van der Waals surface area contributed by atoms with Crippen LogP contribution in [0.3, 0.4) is 0 Å². The lowest BCUT2D eigenvalue weighted by Gasteiger charge is -2.20. The van der Waals surface area contributed by atoms with Gasteiger partial charge in [-0.3, -0.25) is 4.79 Å². The van der Waals surface area contributed by atoms with Crippen LogP contribution >= 0.6 is 23.2 Å². The Morgan fingerprint density at radius 2 is 1.88 bits per heavy atom. The van der Waals surface area contributed by atoms with E-state index in [0.29, 0.717) is 5.02 Å². The summed E-state index contributed by atoms with van der Waals surface area (Å²) < 4.78 is 23.8. The first-order valence-electron chi connectivity index (χ1n) is 4.75. The summed E-state index contributed by atoms with van der Waals surface area (Å²) in [5.41, 5.74) is 0.189. The molecule has 0 aliphatic heterocycles. The summed E-state index contributed by atoms with van der Waals surface area (Å²) in [6, 6.07) is 4.22. The van der Waals surface area contributed by atoms with E-state index in [4.69, 9.17) is 23.2 Å². The molecule has 0 atom stereocenters. The molecule has 0 unspecified atom stereocenters. The molecule has 94 valence electrons. The van der Waals surface area contributed by atoms with E-state index < -0.39 is 15.9 Å². The molecule has 0 saturated carbocycles. The number of rotatable bonds is 3. The van der Waals surface area contributed by atoms with Crippen LogP contribution in [-0.4, -0.2) is 20.6 Å². The van der Waals surface area contributed by atoms with E-state index in [9.17, 15) is 13.2 Å². The Labute approximate surface area is 110 Å². The van der Waals surface area contributed by atoms with Crippen LogP contribution in [0.25, 0.3) is 0 Å². The number of sulfonamides is 1. The van der Waals surface area contributed by atoms with Gasteiger partial charge in [-0.1, -0.05) is 30.1 Å². The lowest BCUT2D eigenvalue weighted by atomic mass is 10.3. The molecule has 0 heterocycles. The van der Waals surface area contributed by atoms with Crippen molar-refractivity contribution in [2.24, 2.45) is 0 Å². The van der Waals surface area contributed by atoms with Gasteiger partial charge in [0.25, 0.3) is 0 Å². The molecule has 0 radical (unpaired) electrons. The van der Waals surface area contributed by atoms with Crippen molar-refractivity contribution in [1.29, 1.82) is 0 Å². The minimum atomic E-state index is -3.68. The van der Waals surface area contributed by atoms with Gasteiger partial charge in [0.05, 0.1) is 22.0 Å². The van der Waals surface area contributed by atoms with Crippen molar-refractivity contribution in [2.75, 3.05) is 10.6 Å². The quantitative estimate of drug-likeness (QED) is 0.861. The predicted molar refractivity (Wildman–Crippen MR) is 69.1 cm³/mol. The van der Waals surface area contributed by atoms with Gasteiger partial charge in [0.15, 0.2) is 0 Å². The number of carbonyl (C=O) groups is 1. The first-order valence-corrected chi connectivity index (χ1v) is 7.36. The minimum Gasteiger partial charge on any atom is -0.273 e. The van der Waals surface area contributed by atoms with Gasteiger partial charge in [-0.2, -0.15) is 0 Å². The van der Waals surface area contributed by atoms with Gasteiger partial charge in [-0.05, 0) is 18.2 Å². The highest BCUT2D eigenvalue weighted by Crippen LogP contribution is 2.28. The molecular weight excluding hydrogens is 285 g/mol. The van der Waals surface area contributed by atoms with Crippen LogP contribution in [0.1, 0.15) is 13.3 Å². The molecule has 1 aromatic rings. The molecule has 1 amide bonds. The molecule has 0 fully saturated rings. The zero-order chi connectivity index (χ0) is 13.2. The average molecular weight is 296 g/mol. The molecule has 0 spiro atoms. The topological polar surface area (TPSA) is 54.5 Å². The van der Waals surface area contributed by atoms with E-state index in [2.05, 4.69) is 0 Å². The molecule has 17 heavy (non-hydrogen) atoms. The Morgan fingerprint density at radius 3 is 2.29 bits per heavy atom. The van der Waals surface area contributed by atoms with Crippen LogP contribution in [0.5, 0.6) is 0 Å². The van der Waals surface area contributed by atoms with Crippen molar-refractivity contribution >= 4 is 44.8 Å². The highest BCUT2D eigenvalue weighted by Gasteiger charge is 2.24. The number of hydrogen-bond donors (Lipinski definition) is 0. The third kappa shape index (κ3) is 3.34. The van der Waals surface area contributed by atoms with Crippen molar-refractivity contribution in [3.63, 3.8) is 0 Å². The Kier molecular flexibility index (Phi) is 4.41. The number of carbonyl (C=O) groups excluding carboxylic acids is 1. The maximum atomic E-state index is 11.6. The molecular formula is C10H11Cl2NO3S. The first kappa shape index (κ1) is 14.3. The number of anilines is 1. The minimum absolute atomic E-state index is 0.0767. The monoisotopic (exact) mass is 295 g/mol. The van der Waals surface area contributed by atoms with Crippen LogP contribution < -0.4 is 4.31 Å². The predicted octanol–water partition coefficient (Wildman–Crippen LogP) is 2.70. The largest absolute Gasteiger partial charge is 0.273 e. The molecule has 0 aliphatic carbocycles. The molecule has 1 rings (SSSR count). The molecule has 0 aliphatic rings. The van der Waals surface area contributed by atoms with Gasteiger partial charge in [0, 0.05) is 6.42 Å². The Balaban J connectivity index is 3.33. The summed E-state index contributed by atoms with van der Waals surface area (Å²) >= 11 is 11.5. The van der Waals surface area contributed by atoms with Crippen LogP contribution in [-0.2, 0) is 14.8 Å². The van der Waals surface area contributed by atoms with E-state index in [-0.39, 0.29) is 17.1 Å². The average Bonchev–Trinajstić information content (AvgIpc) is 2.21. The van der Waals surface area contributed by atoms with Crippen molar-refractivity contribution in [2.45, 2.75) is 13.3 Å². The summed E-state index contributed by atoms with van der Waals surface area (Å²) in [5, 5.41) is 0.495. The highest BCUT2D eigenvalue weighted by molar-refractivity contribution is 7.92. The normalized spacial score (nSPS) is 11.3. The van der Waals surface area contributed by atoms with E-state index in [1.54, 1.807) is 6.92 Å². The lowest BCUT2D eigenvalue weighted by Crippen LogP contribution is -2.35. The van der Waals surface area contributed by atoms with Crippen LogP contribution in [0.15, 0.2) is 18.2 Å². The lowest BCUT2D eigenvalue weighted by molar-refractivity contribution is -0.117. The van der Waals surface area contributed by atoms with Crippen molar-refractivity contribution in [1.82, 2.24) is 0 Å². The maximum absolute atomic E-state index is 11.6. The van der Waals surface area contributed by atoms with Gasteiger partial charge in [0.1, 0.15) is 0 Å². The van der Waals surface area contributed by atoms with Gasteiger partial charge in [-0.15, -0.1) is 0 Å². The first-order chi connectivity index (χ1) is 7.77. The third-order valence-electron chi connectivity index (χ3n) is 2.00. The zero-order valence-electron chi connectivity index (χ0n) is 9.28. The SMILES string of the molecule is CCC(=O)N(c1ccc(Cl)c(Cl)c1)S(C)(=O)=O. The maximum Gasteiger partial charge on any atom is 0.240 e. The standard InChI is InChI=1S/C10H11Cl2NO3S/c1-3-10(14)13(17(2,15)16)7-4-5-8(11)9(12)6-7/h4-6H,3H2,1-2H3.